The molecule has 0 unspecified atom stereocenters. The number of esters is 1. The Bertz CT molecular complexity index is 1170. The van der Waals surface area contributed by atoms with Gasteiger partial charge in [-0.1, -0.05) is 28.1 Å². The maximum Gasteiger partial charge on any atom is 0.343 e. The third-order valence-corrected chi connectivity index (χ3v) is 4.54. The number of halogens is 2. The third-order valence-electron chi connectivity index (χ3n) is 4.05. The van der Waals surface area contributed by atoms with Crippen LogP contribution in [0.5, 0.6) is 5.75 Å². The zero-order valence-electron chi connectivity index (χ0n) is 16.5. The molecule has 7 nitrogen and oxygen atoms in total. The molecule has 3 rings (SSSR count). The van der Waals surface area contributed by atoms with Gasteiger partial charge in [-0.05, 0) is 66.2 Å². The molecule has 0 atom stereocenters. The number of benzene rings is 3. The van der Waals surface area contributed by atoms with Gasteiger partial charge in [0.1, 0.15) is 11.6 Å². The zero-order valence-corrected chi connectivity index (χ0v) is 18.1. The van der Waals surface area contributed by atoms with Crippen molar-refractivity contribution >= 4 is 39.9 Å². The zero-order chi connectivity index (χ0) is 22.9. The lowest BCUT2D eigenvalue weighted by Gasteiger charge is -2.05. The molecule has 2 amide bonds. The van der Waals surface area contributed by atoms with Gasteiger partial charge in [0.2, 0.25) is 0 Å². The molecule has 2 N–H and O–H groups in total. The number of carbonyl (C=O) groups is 3. The summed E-state index contributed by atoms with van der Waals surface area (Å²) < 4.78 is 19.2. The molecule has 0 radical (unpaired) electrons. The smallest absolute Gasteiger partial charge is 0.343 e. The Labute approximate surface area is 191 Å². The van der Waals surface area contributed by atoms with Crippen LogP contribution in [0.15, 0.2) is 82.4 Å². The van der Waals surface area contributed by atoms with Crippen molar-refractivity contribution < 1.29 is 23.5 Å². The number of amides is 2. The number of nitrogens with zero attached hydrogens (tertiary/aromatic N) is 1. The lowest BCUT2D eigenvalue weighted by Crippen LogP contribution is -2.34. The van der Waals surface area contributed by atoms with Crippen molar-refractivity contribution in [1.29, 1.82) is 0 Å². The largest absolute Gasteiger partial charge is 0.423 e. The van der Waals surface area contributed by atoms with Crippen LogP contribution < -0.4 is 15.5 Å². The van der Waals surface area contributed by atoms with E-state index in [0.29, 0.717) is 16.9 Å². The van der Waals surface area contributed by atoms with Gasteiger partial charge in [-0.25, -0.2) is 14.6 Å². The number of rotatable bonds is 7. The van der Waals surface area contributed by atoms with Gasteiger partial charge < -0.3 is 10.1 Å². The van der Waals surface area contributed by atoms with Crippen molar-refractivity contribution in [2.45, 2.75) is 0 Å². The molecule has 0 aliphatic carbocycles. The van der Waals surface area contributed by atoms with Crippen molar-refractivity contribution in [2.75, 3.05) is 6.54 Å². The van der Waals surface area contributed by atoms with Crippen LogP contribution in [-0.4, -0.2) is 30.5 Å². The Morgan fingerprint density at radius 1 is 0.969 bits per heavy atom. The van der Waals surface area contributed by atoms with E-state index in [4.69, 9.17) is 4.74 Å². The normalized spacial score (nSPS) is 10.6. The number of carbonyl (C=O) groups excluding carboxylic acids is 3. The van der Waals surface area contributed by atoms with Gasteiger partial charge in [-0.15, -0.1) is 0 Å². The molecule has 0 aliphatic heterocycles. The van der Waals surface area contributed by atoms with E-state index in [1.807, 2.05) is 6.07 Å². The van der Waals surface area contributed by atoms with Crippen LogP contribution in [0, 0.1) is 5.82 Å². The summed E-state index contributed by atoms with van der Waals surface area (Å²) in [6.45, 7) is -0.322. The molecule has 162 valence electrons. The molecule has 0 saturated heterocycles. The first-order valence-corrected chi connectivity index (χ1v) is 10.1. The maximum atomic E-state index is 13.1. The quantitative estimate of drug-likeness (QED) is 0.225. The van der Waals surface area contributed by atoms with Crippen molar-refractivity contribution in [2.24, 2.45) is 5.10 Å². The first-order valence-electron chi connectivity index (χ1n) is 9.34. The summed E-state index contributed by atoms with van der Waals surface area (Å²) in [6.07, 6.45) is 1.40. The number of hydrogen-bond acceptors (Lipinski definition) is 5. The Balaban J connectivity index is 1.45. The molecule has 3 aromatic carbocycles. The van der Waals surface area contributed by atoms with Crippen molar-refractivity contribution in [3.05, 3.63) is 99.8 Å². The van der Waals surface area contributed by atoms with Gasteiger partial charge in [0.15, 0.2) is 0 Å². The summed E-state index contributed by atoms with van der Waals surface area (Å²) in [7, 11) is 0. The molecule has 3 aromatic rings. The highest BCUT2D eigenvalue weighted by atomic mass is 79.9. The van der Waals surface area contributed by atoms with E-state index in [1.54, 1.807) is 42.5 Å². The molecule has 0 spiro atoms. The van der Waals surface area contributed by atoms with Gasteiger partial charge in [0.05, 0.1) is 18.3 Å². The van der Waals surface area contributed by atoms with E-state index in [-0.39, 0.29) is 12.1 Å². The minimum absolute atomic E-state index is 0.113. The second-order valence-corrected chi connectivity index (χ2v) is 7.37. The van der Waals surface area contributed by atoms with E-state index >= 15 is 0 Å². The summed E-state index contributed by atoms with van der Waals surface area (Å²) in [5, 5.41) is 6.18. The van der Waals surface area contributed by atoms with Gasteiger partial charge >= 0.3 is 5.97 Å². The van der Waals surface area contributed by atoms with Crippen LogP contribution >= 0.6 is 15.9 Å². The van der Waals surface area contributed by atoms with Crippen molar-refractivity contribution in [1.82, 2.24) is 10.7 Å². The Morgan fingerprint density at radius 2 is 1.69 bits per heavy atom. The van der Waals surface area contributed by atoms with Crippen LogP contribution in [0.3, 0.4) is 0 Å². The van der Waals surface area contributed by atoms with E-state index in [2.05, 4.69) is 31.8 Å². The van der Waals surface area contributed by atoms with Crippen molar-refractivity contribution in [3.8, 4) is 5.75 Å². The van der Waals surface area contributed by atoms with Gasteiger partial charge in [-0.3, -0.25) is 9.59 Å². The molecule has 0 aliphatic rings. The second-order valence-electron chi connectivity index (χ2n) is 6.46. The molecule has 32 heavy (non-hydrogen) atoms. The highest BCUT2D eigenvalue weighted by molar-refractivity contribution is 9.10. The molecule has 9 heteroatoms. The van der Waals surface area contributed by atoms with E-state index in [9.17, 15) is 18.8 Å². The molecular formula is C23H17BrFN3O4. The number of hydrazone groups is 1. The fraction of sp³-hybridized carbons (Fsp3) is 0.0435. The van der Waals surface area contributed by atoms with Gasteiger partial charge in [0.25, 0.3) is 11.8 Å². The van der Waals surface area contributed by atoms with E-state index in [0.717, 1.165) is 10.5 Å². The third kappa shape index (κ3) is 6.85. The number of ether oxygens (including phenoxy) is 1. The second kappa shape index (κ2) is 11.0. The molecule has 0 saturated carbocycles. The minimum atomic E-state index is -0.573. The molecular weight excluding hydrogens is 481 g/mol. The van der Waals surface area contributed by atoms with E-state index < -0.39 is 23.6 Å². The van der Waals surface area contributed by atoms with Crippen LogP contribution in [0.1, 0.15) is 26.3 Å². The van der Waals surface area contributed by atoms with Gasteiger partial charge in [0, 0.05) is 10.0 Å². The molecule has 0 fully saturated rings. The molecule has 0 bridgehead atoms. The summed E-state index contributed by atoms with van der Waals surface area (Å²) in [5.74, 6) is -1.79. The predicted molar refractivity (Wildman–Crippen MR) is 120 cm³/mol. The summed E-state index contributed by atoms with van der Waals surface area (Å²) in [6, 6.07) is 18.5. The van der Waals surface area contributed by atoms with E-state index in [1.165, 1.54) is 24.4 Å². The molecule has 0 aromatic heterocycles. The average Bonchev–Trinajstić information content (AvgIpc) is 2.78. The first kappa shape index (κ1) is 22.8. The highest BCUT2D eigenvalue weighted by Crippen LogP contribution is 2.16. The van der Waals surface area contributed by atoms with Crippen LogP contribution in [0.25, 0.3) is 0 Å². The summed E-state index contributed by atoms with van der Waals surface area (Å²) >= 11 is 3.30. The summed E-state index contributed by atoms with van der Waals surface area (Å²) in [4.78, 5) is 35.8. The monoisotopic (exact) mass is 497 g/mol. The number of nitrogens with one attached hydrogen (secondary N) is 2. The van der Waals surface area contributed by atoms with Crippen LogP contribution in [0.4, 0.5) is 4.39 Å². The maximum absolute atomic E-state index is 13.1. The van der Waals surface area contributed by atoms with Gasteiger partial charge in [-0.2, -0.15) is 5.10 Å². The summed E-state index contributed by atoms with van der Waals surface area (Å²) in [5.41, 5.74) is 3.45. The minimum Gasteiger partial charge on any atom is -0.423 e. The fourth-order valence-corrected chi connectivity index (χ4v) is 2.91. The Kier molecular flexibility index (Phi) is 7.82. The van der Waals surface area contributed by atoms with Crippen molar-refractivity contribution in [3.63, 3.8) is 0 Å². The topological polar surface area (TPSA) is 96.9 Å². The predicted octanol–water partition coefficient (Wildman–Crippen LogP) is 3.69. The van der Waals surface area contributed by atoms with Crippen LogP contribution in [0.2, 0.25) is 0 Å². The lowest BCUT2D eigenvalue weighted by atomic mass is 10.2. The average molecular weight is 498 g/mol. The standard InChI is InChI=1S/C23H17BrFN3O4/c24-18-5-1-4-17(11-18)23(31)32-20-9-7-15(8-10-20)13-27-28-21(29)14-26-22(30)16-3-2-6-19(25)12-16/h1-13H,14H2,(H,26,30)(H,28,29)/b27-13-. The first-order chi connectivity index (χ1) is 15.4. The lowest BCUT2D eigenvalue weighted by molar-refractivity contribution is -0.120. The SMILES string of the molecule is O=C(CNC(=O)c1cccc(F)c1)N/N=C\c1ccc(OC(=O)c2cccc(Br)c2)cc1. The number of hydrogen-bond donors (Lipinski definition) is 2. The molecule has 0 heterocycles. The Morgan fingerprint density at radius 3 is 2.41 bits per heavy atom. The fourth-order valence-electron chi connectivity index (χ4n) is 2.51. The van der Waals surface area contributed by atoms with Crippen LogP contribution in [-0.2, 0) is 4.79 Å². The Hall–Kier alpha value is -3.85. The highest BCUT2D eigenvalue weighted by Gasteiger charge is 2.09.